The van der Waals surface area contributed by atoms with Gasteiger partial charge in [0, 0.05) is 41.5 Å². The van der Waals surface area contributed by atoms with E-state index in [0.29, 0.717) is 22.7 Å². The number of aromatic nitrogens is 1. The zero-order chi connectivity index (χ0) is 24.7. The highest BCUT2D eigenvalue weighted by atomic mass is 16.5. The molecule has 1 atom stereocenters. The summed E-state index contributed by atoms with van der Waals surface area (Å²) in [6.07, 6.45) is 1.90. The molecule has 3 aromatic carbocycles. The number of ether oxygens (including phenoxy) is 2. The van der Waals surface area contributed by atoms with Crippen molar-refractivity contribution in [1.29, 1.82) is 0 Å². The van der Waals surface area contributed by atoms with E-state index in [-0.39, 0.29) is 11.3 Å². The number of anilines is 1. The summed E-state index contributed by atoms with van der Waals surface area (Å²) in [6.45, 7) is 0. The van der Waals surface area contributed by atoms with Crippen LogP contribution in [0.2, 0.25) is 0 Å². The van der Waals surface area contributed by atoms with E-state index in [0.717, 1.165) is 16.5 Å². The van der Waals surface area contributed by atoms with E-state index < -0.39 is 17.7 Å². The normalized spacial score (nSPS) is 17.2. The molecule has 1 N–H and O–H groups in total. The minimum Gasteiger partial charge on any atom is -0.507 e. The largest absolute Gasteiger partial charge is 0.507 e. The first-order chi connectivity index (χ1) is 17.0. The van der Waals surface area contributed by atoms with E-state index in [2.05, 4.69) is 0 Å². The quantitative estimate of drug-likeness (QED) is 0.258. The van der Waals surface area contributed by atoms with Gasteiger partial charge in [-0.15, -0.1) is 0 Å². The average molecular weight is 469 g/mol. The molecule has 1 saturated heterocycles. The maximum Gasteiger partial charge on any atom is 0.300 e. The molecule has 0 saturated carbocycles. The van der Waals surface area contributed by atoms with E-state index in [4.69, 9.17) is 9.47 Å². The summed E-state index contributed by atoms with van der Waals surface area (Å²) in [4.78, 5) is 28.3. The fourth-order valence-corrected chi connectivity index (χ4v) is 4.71. The van der Waals surface area contributed by atoms with E-state index >= 15 is 0 Å². The molecule has 7 nitrogen and oxygen atoms in total. The van der Waals surface area contributed by atoms with Crippen LogP contribution in [0.5, 0.6) is 11.5 Å². The number of hydrogen-bond donors (Lipinski definition) is 1. The summed E-state index contributed by atoms with van der Waals surface area (Å²) in [5.41, 5.74) is 2.54. The highest BCUT2D eigenvalue weighted by Crippen LogP contribution is 2.45. The zero-order valence-electron chi connectivity index (χ0n) is 19.6. The molecule has 1 amide bonds. The Kier molecular flexibility index (Phi) is 5.53. The number of hydrogen-bond acceptors (Lipinski definition) is 5. The molecule has 176 valence electrons. The SMILES string of the molecule is COc1ccc(/C(O)=C2\C(=O)C(=O)N(c3ccccc3)C2c2cn(C)c3ccccc23)c(OC)c1. The summed E-state index contributed by atoms with van der Waals surface area (Å²) >= 11 is 0. The van der Waals surface area contributed by atoms with E-state index in [9.17, 15) is 14.7 Å². The molecule has 0 bridgehead atoms. The van der Waals surface area contributed by atoms with Crippen molar-refractivity contribution in [2.24, 2.45) is 7.05 Å². The topological polar surface area (TPSA) is 81.0 Å². The first-order valence-electron chi connectivity index (χ1n) is 11.1. The molecule has 1 aromatic heterocycles. The highest BCUT2D eigenvalue weighted by Gasteiger charge is 2.48. The minimum atomic E-state index is -0.838. The van der Waals surface area contributed by atoms with Crippen molar-refractivity contribution < 1.29 is 24.2 Å². The van der Waals surface area contributed by atoms with Crippen molar-refractivity contribution in [2.75, 3.05) is 19.1 Å². The predicted molar refractivity (Wildman–Crippen MR) is 134 cm³/mol. The van der Waals surface area contributed by atoms with Crippen molar-refractivity contribution in [3.05, 3.63) is 95.7 Å². The number of carbonyl (C=O) groups excluding carboxylic acids is 2. The number of amides is 1. The van der Waals surface area contributed by atoms with Crippen LogP contribution in [0.3, 0.4) is 0 Å². The van der Waals surface area contributed by atoms with Gasteiger partial charge in [0.25, 0.3) is 11.7 Å². The van der Waals surface area contributed by atoms with Gasteiger partial charge in [-0.3, -0.25) is 14.5 Å². The number of carbonyl (C=O) groups is 2. The molecule has 0 spiro atoms. The molecule has 1 unspecified atom stereocenters. The lowest BCUT2D eigenvalue weighted by molar-refractivity contribution is -0.132. The molecule has 5 rings (SSSR count). The molecule has 2 heterocycles. The van der Waals surface area contributed by atoms with Crippen LogP contribution < -0.4 is 14.4 Å². The Morgan fingerprint density at radius 2 is 1.63 bits per heavy atom. The van der Waals surface area contributed by atoms with E-state index in [1.807, 2.05) is 48.1 Å². The Morgan fingerprint density at radius 1 is 0.914 bits per heavy atom. The first kappa shape index (κ1) is 22.3. The number of ketones is 1. The van der Waals surface area contributed by atoms with E-state index in [1.54, 1.807) is 42.5 Å². The number of methoxy groups -OCH3 is 2. The summed E-state index contributed by atoms with van der Waals surface area (Å²) in [5.74, 6) is -0.914. The lowest BCUT2D eigenvalue weighted by Crippen LogP contribution is -2.29. The second-order valence-electron chi connectivity index (χ2n) is 8.28. The lowest BCUT2D eigenvalue weighted by Gasteiger charge is -2.25. The summed E-state index contributed by atoms with van der Waals surface area (Å²) in [6, 6.07) is 20.8. The number of fused-ring (bicyclic) bond motifs is 1. The number of aliphatic hydroxyl groups is 1. The molecule has 4 aromatic rings. The third-order valence-corrected chi connectivity index (χ3v) is 6.36. The predicted octanol–water partition coefficient (Wildman–Crippen LogP) is 4.82. The Balaban J connectivity index is 1.81. The standard InChI is InChI=1S/C28H24N2O5/c1-29-16-21(19-11-7-8-12-22(19)29)25-24(26(31)20-14-13-18(34-2)15-23(20)35-3)27(32)28(33)30(25)17-9-5-4-6-10-17/h4-16,25,31H,1-3H3/b26-24+. The van der Waals surface area contributed by atoms with Gasteiger partial charge in [-0.25, -0.2) is 0 Å². The fraction of sp³-hybridized carbons (Fsp3) is 0.143. The third kappa shape index (κ3) is 3.52. The summed E-state index contributed by atoms with van der Waals surface area (Å²) in [5, 5.41) is 12.4. The third-order valence-electron chi connectivity index (χ3n) is 6.36. The van der Waals surface area contributed by atoms with Crippen molar-refractivity contribution in [1.82, 2.24) is 4.57 Å². The molecule has 1 fully saturated rings. The second kappa shape index (κ2) is 8.68. The van der Waals surface area contributed by atoms with Gasteiger partial charge in [-0.1, -0.05) is 36.4 Å². The Labute approximate surface area is 202 Å². The monoisotopic (exact) mass is 468 g/mol. The second-order valence-corrected chi connectivity index (χ2v) is 8.28. The van der Waals surface area contributed by atoms with Crippen LogP contribution in [0.1, 0.15) is 17.2 Å². The summed E-state index contributed by atoms with van der Waals surface area (Å²) < 4.78 is 12.7. The molecule has 35 heavy (non-hydrogen) atoms. The van der Waals surface area contributed by atoms with Gasteiger partial charge < -0.3 is 19.1 Å². The van der Waals surface area contributed by atoms with Crippen LogP contribution >= 0.6 is 0 Å². The van der Waals surface area contributed by atoms with E-state index in [1.165, 1.54) is 19.1 Å². The number of benzene rings is 3. The smallest absolute Gasteiger partial charge is 0.300 e. The molecular formula is C28H24N2O5. The number of aryl methyl sites for hydroxylation is 1. The molecule has 7 heteroatoms. The Morgan fingerprint density at radius 3 is 2.34 bits per heavy atom. The van der Waals surface area contributed by atoms with Crippen LogP contribution in [0.25, 0.3) is 16.7 Å². The first-order valence-corrected chi connectivity index (χ1v) is 11.1. The molecular weight excluding hydrogens is 444 g/mol. The van der Waals surface area contributed by atoms with Crippen LogP contribution in [0, 0.1) is 0 Å². The van der Waals surface area contributed by atoms with Gasteiger partial charge in [0.05, 0.1) is 31.4 Å². The molecule has 0 aliphatic carbocycles. The minimum absolute atomic E-state index is 0.00123. The number of Topliss-reactive ketones (excluding diaryl/α,β-unsaturated/α-hetero) is 1. The average Bonchev–Trinajstić information content (AvgIpc) is 3.36. The van der Waals surface area contributed by atoms with Crippen molar-refractivity contribution >= 4 is 34.0 Å². The van der Waals surface area contributed by atoms with Gasteiger partial charge in [-0.05, 0) is 30.3 Å². The van der Waals surface area contributed by atoms with Crippen molar-refractivity contribution in [3.63, 3.8) is 0 Å². The fourth-order valence-electron chi connectivity index (χ4n) is 4.71. The van der Waals surface area contributed by atoms with Gasteiger partial charge in [0.1, 0.15) is 17.3 Å². The maximum atomic E-state index is 13.5. The van der Waals surface area contributed by atoms with Crippen LogP contribution in [0.15, 0.2) is 84.6 Å². The van der Waals surface area contributed by atoms with Crippen molar-refractivity contribution in [2.45, 2.75) is 6.04 Å². The number of nitrogens with zero attached hydrogens (tertiary/aromatic N) is 2. The molecule has 0 radical (unpaired) electrons. The summed E-state index contributed by atoms with van der Waals surface area (Å²) in [7, 11) is 4.91. The van der Waals surface area contributed by atoms with Gasteiger partial charge in [0.2, 0.25) is 0 Å². The Hall–Kier alpha value is -4.52. The number of rotatable bonds is 5. The van der Waals surface area contributed by atoms with Gasteiger partial charge in [-0.2, -0.15) is 0 Å². The molecule has 1 aliphatic heterocycles. The highest BCUT2D eigenvalue weighted by molar-refractivity contribution is 6.52. The molecule has 1 aliphatic rings. The number of aliphatic hydroxyl groups excluding tert-OH is 1. The van der Waals surface area contributed by atoms with Crippen LogP contribution in [-0.2, 0) is 16.6 Å². The van der Waals surface area contributed by atoms with Gasteiger partial charge >= 0.3 is 0 Å². The van der Waals surface area contributed by atoms with Gasteiger partial charge in [0.15, 0.2) is 0 Å². The maximum absolute atomic E-state index is 13.5. The van der Waals surface area contributed by atoms with Crippen LogP contribution in [0.4, 0.5) is 5.69 Å². The van der Waals surface area contributed by atoms with Crippen LogP contribution in [-0.4, -0.2) is 35.6 Å². The Bertz CT molecular complexity index is 1490. The lowest BCUT2D eigenvalue weighted by atomic mass is 9.94. The van der Waals surface area contributed by atoms with Crippen molar-refractivity contribution in [3.8, 4) is 11.5 Å². The zero-order valence-corrected chi connectivity index (χ0v) is 19.6. The number of para-hydroxylation sites is 2.